The summed E-state index contributed by atoms with van der Waals surface area (Å²) in [5, 5.41) is 7.33. The van der Waals surface area contributed by atoms with E-state index < -0.39 is 0 Å². The van der Waals surface area contributed by atoms with Crippen LogP contribution in [0.15, 0.2) is 0 Å². The van der Waals surface area contributed by atoms with Gasteiger partial charge in [0.05, 0.1) is 6.10 Å². The van der Waals surface area contributed by atoms with Crippen LogP contribution in [-0.2, 0) is 4.74 Å². The zero-order valence-corrected chi connectivity index (χ0v) is 13.8. The molecule has 3 nitrogen and oxygen atoms in total. The molecule has 0 aromatic rings. The molecule has 122 valence electrons. The maximum atomic E-state index is 6.01. The number of hydrogen-bond donors (Lipinski definition) is 2. The smallest absolute Gasteiger partial charge is 0.0580 e. The number of piperidine rings is 2. The predicted octanol–water partition coefficient (Wildman–Crippen LogP) is 2.95. The van der Waals surface area contributed by atoms with Gasteiger partial charge in [0.15, 0.2) is 0 Å². The van der Waals surface area contributed by atoms with E-state index in [0.29, 0.717) is 6.10 Å². The normalized spacial score (nSPS) is 41.9. The van der Waals surface area contributed by atoms with Gasteiger partial charge in [0.1, 0.15) is 0 Å². The topological polar surface area (TPSA) is 33.3 Å². The quantitative estimate of drug-likeness (QED) is 0.836. The van der Waals surface area contributed by atoms with Gasteiger partial charge in [-0.2, -0.15) is 0 Å². The SMILES string of the molecule is C[C@H]1CCOC(C[C@H]2CCNC(C[C@@H]3CCCNC3)C2)C1. The van der Waals surface area contributed by atoms with Crippen molar-refractivity contribution in [1.29, 1.82) is 0 Å². The summed E-state index contributed by atoms with van der Waals surface area (Å²) in [4.78, 5) is 0. The molecule has 0 aromatic heterocycles. The van der Waals surface area contributed by atoms with Gasteiger partial charge in [-0.3, -0.25) is 0 Å². The summed E-state index contributed by atoms with van der Waals surface area (Å²) in [5.74, 6) is 2.67. The van der Waals surface area contributed by atoms with Crippen molar-refractivity contribution in [2.75, 3.05) is 26.2 Å². The van der Waals surface area contributed by atoms with Crippen molar-refractivity contribution in [1.82, 2.24) is 10.6 Å². The second-order valence-electron chi connectivity index (χ2n) is 7.85. The van der Waals surface area contributed by atoms with E-state index in [0.717, 1.165) is 30.4 Å². The standard InChI is InChI=1S/C18H34N2O/c1-14-5-8-21-18(9-14)12-15-4-7-20-17(10-15)11-16-3-2-6-19-13-16/h14-20H,2-13H2,1H3/t14-,15-,16-,17?,18?/m0/s1. The molecule has 2 N–H and O–H groups in total. The molecule has 0 aromatic carbocycles. The van der Waals surface area contributed by atoms with Crippen LogP contribution in [0.5, 0.6) is 0 Å². The van der Waals surface area contributed by atoms with Gasteiger partial charge in [0.2, 0.25) is 0 Å². The number of ether oxygens (including phenoxy) is 1. The third-order valence-electron chi connectivity index (χ3n) is 5.85. The first-order valence-electron chi connectivity index (χ1n) is 9.35. The van der Waals surface area contributed by atoms with Crippen LogP contribution < -0.4 is 10.6 Å². The fourth-order valence-electron chi connectivity index (χ4n) is 4.62. The highest BCUT2D eigenvalue weighted by Crippen LogP contribution is 2.30. The Hall–Kier alpha value is -0.120. The highest BCUT2D eigenvalue weighted by molar-refractivity contribution is 4.84. The van der Waals surface area contributed by atoms with Crippen LogP contribution in [0, 0.1) is 17.8 Å². The van der Waals surface area contributed by atoms with Crippen molar-refractivity contribution in [2.45, 2.75) is 70.4 Å². The van der Waals surface area contributed by atoms with E-state index in [1.807, 2.05) is 0 Å². The zero-order valence-electron chi connectivity index (χ0n) is 13.8. The van der Waals surface area contributed by atoms with Gasteiger partial charge in [-0.15, -0.1) is 0 Å². The molecule has 3 aliphatic heterocycles. The van der Waals surface area contributed by atoms with E-state index in [1.165, 1.54) is 71.0 Å². The minimum absolute atomic E-state index is 0.550. The minimum atomic E-state index is 0.550. The van der Waals surface area contributed by atoms with Crippen LogP contribution in [0.3, 0.4) is 0 Å². The van der Waals surface area contributed by atoms with E-state index >= 15 is 0 Å². The van der Waals surface area contributed by atoms with Crippen LogP contribution in [-0.4, -0.2) is 38.4 Å². The average Bonchev–Trinajstić information content (AvgIpc) is 2.49. The van der Waals surface area contributed by atoms with E-state index in [2.05, 4.69) is 17.6 Å². The third-order valence-corrected chi connectivity index (χ3v) is 5.85. The van der Waals surface area contributed by atoms with Gasteiger partial charge < -0.3 is 15.4 Å². The summed E-state index contributed by atoms with van der Waals surface area (Å²) in [6.07, 6.45) is 11.3. The molecule has 5 atom stereocenters. The minimum Gasteiger partial charge on any atom is -0.378 e. The Labute approximate surface area is 130 Å². The van der Waals surface area contributed by atoms with Gasteiger partial charge in [-0.1, -0.05) is 6.92 Å². The van der Waals surface area contributed by atoms with Crippen LogP contribution in [0.2, 0.25) is 0 Å². The van der Waals surface area contributed by atoms with Crippen molar-refractivity contribution in [3.05, 3.63) is 0 Å². The molecule has 3 aliphatic rings. The predicted molar refractivity (Wildman–Crippen MR) is 87.5 cm³/mol. The molecule has 0 spiro atoms. The lowest BCUT2D eigenvalue weighted by Crippen LogP contribution is -2.42. The average molecular weight is 294 g/mol. The van der Waals surface area contributed by atoms with Crippen molar-refractivity contribution < 1.29 is 4.74 Å². The highest BCUT2D eigenvalue weighted by atomic mass is 16.5. The van der Waals surface area contributed by atoms with Gasteiger partial charge in [-0.25, -0.2) is 0 Å². The van der Waals surface area contributed by atoms with E-state index in [4.69, 9.17) is 4.74 Å². The Morgan fingerprint density at radius 2 is 1.95 bits per heavy atom. The molecule has 21 heavy (non-hydrogen) atoms. The van der Waals surface area contributed by atoms with Gasteiger partial charge in [0.25, 0.3) is 0 Å². The summed E-state index contributed by atoms with van der Waals surface area (Å²) in [6, 6.07) is 0.759. The second kappa shape index (κ2) is 7.94. The Bertz CT molecular complexity index is 304. The summed E-state index contributed by atoms with van der Waals surface area (Å²) in [5.41, 5.74) is 0. The highest BCUT2D eigenvalue weighted by Gasteiger charge is 2.28. The van der Waals surface area contributed by atoms with Gasteiger partial charge in [0, 0.05) is 12.6 Å². The molecule has 2 unspecified atom stereocenters. The van der Waals surface area contributed by atoms with Gasteiger partial charge >= 0.3 is 0 Å². The molecule has 0 amide bonds. The zero-order chi connectivity index (χ0) is 14.5. The lowest BCUT2D eigenvalue weighted by Gasteiger charge is -2.36. The van der Waals surface area contributed by atoms with Crippen molar-refractivity contribution in [3.8, 4) is 0 Å². The van der Waals surface area contributed by atoms with E-state index in [9.17, 15) is 0 Å². The Morgan fingerprint density at radius 1 is 1.00 bits per heavy atom. The first-order chi connectivity index (χ1) is 10.3. The molecule has 3 saturated heterocycles. The molecular formula is C18H34N2O. The third kappa shape index (κ3) is 4.94. The Kier molecular flexibility index (Phi) is 5.96. The van der Waals surface area contributed by atoms with Crippen LogP contribution in [0.25, 0.3) is 0 Å². The maximum Gasteiger partial charge on any atom is 0.0580 e. The Balaban J connectivity index is 1.42. The van der Waals surface area contributed by atoms with E-state index in [1.54, 1.807) is 0 Å². The molecule has 0 saturated carbocycles. The lowest BCUT2D eigenvalue weighted by atomic mass is 9.81. The number of rotatable bonds is 4. The first kappa shape index (κ1) is 15.8. The van der Waals surface area contributed by atoms with Crippen molar-refractivity contribution in [2.24, 2.45) is 17.8 Å². The van der Waals surface area contributed by atoms with Crippen molar-refractivity contribution >= 4 is 0 Å². The molecular weight excluding hydrogens is 260 g/mol. The molecule has 3 heteroatoms. The van der Waals surface area contributed by atoms with Crippen molar-refractivity contribution in [3.63, 3.8) is 0 Å². The summed E-state index contributed by atoms with van der Waals surface area (Å²) in [6.45, 7) is 7.07. The molecule has 3 rings (SSSR count). The number of hydrogen-bond acceptors (Lipinski definition) is 3. The lowest BCUT2D eigenvalue weighted by molar-refractivity contribution is -0.0216. The second-order valence-corrected chi connectivity index (χ2v) is 7.85. The van der Waals surface area contributed by atoms with Crippen LogP contribution in [0.4, 0.5) is 0 Å². The molecule has 3 heterocycles. The van der Waals surface area contributed by atoms with Crippen LogP contribution in [0.1, 0.15) is 58.3 Å². The fraction of sp³-hybridized carbons (Fsp3) is 1.00. The molecule has 0 bridgehead atoms. The van der Waals surface area contributed by atoms with Crippen LogP contribution >= 0.6 is 0 Å². The molecule has 0 radical (unpaired) electrons. The largest absolute Gasteiger partial charge is 0.378 e. The molecule has 3 fully saturated rings. The van der Waals surface area contributed by atoms with Gasteiger partial charge in [-0.05, 0) is 88.8 Å². The maximum absolute atomic E-state index is 6.01. The molecule has 0 aliphatic carbocycles. The first-order valence-corrected chi connectivity index (χ1v) is 9.35. The van der Waals surface area contributed by atoms with E-state index in [-0.39, 0.29) is 0 Å². The Morgan fingerprint density at radius 3 is 2.76 bits per heavy atom. The number of nitrogens with one attached hydrogen (secondary N) is 2. The summed E-state index contributed by atoms with van der Waals surface area (Å²) >= 11 is 0. The monoisotopic (exact) mass is 294 g/mol. The fourth-order valence-corrected chi connectivity index (χ4v) is 4.62. The summed E-state index contributed by atoms with van der Waals surface area (Å²) < 4.78 is 6.01. The summed E-state index contributed by atoms with van der Waals surface area (Å²) in [7, 11) is 0.